The van der Waals surface area contributed by atoms with Gasteiger partial charge in [0.1, 0.15) is 6.71 Å². The van der Waals surface area contributed by atoms with E-state index in [1.54, 1.807) is 0 Å². The normalized spacial score (nSPS) is 13.7. The second-order valence-electron chi connectivity index (χ2n) is 2.40. The molecule has 0 aliphatic carbocycles. The zero-order valence-electron chi connectivity index (χ0n) is 5.31. The Labute approximate surface area is 45.8 Å². The standard InChI is InChI=1S/C5H13BO/c1-5(4-7)6(2)3/h5,7H,4H2,1-3H3. The van der Waals surface area contributed by atoms with E-state index in [2.05, 4.69) is 13.6 Å². The highest BCUT2D eigenvalue weighted by molar-refractivity contribution is 6.57. The van der Waals surface area contributed by atoms with E-state index < -0.39 is 0 Å². The summed E-state index contributed by atoms with van der Waals surface area (Å²) in [5, 5.41) is 8.51. The highest BCUT2D eigenvalue weighted by Crippen LogP contribution is 2.05. The summed E-state index contributed by atoms with van der Waals surface area (Å²) in [6.07, 6.45) is 0. The molecule has 0 saturated heterocycles. The van der Waals surface area contributed by atoms with Gasteiger partial charge in [-0.15, -0.1) is 0 Å². The van der Waals surface area contributed by atoms with E-state index in [1.165, 1.54) is 0 Å². The van der Waals surface area contributed by atoms with Crippen molar-refractivity contribution in [1.82, 2.24) is 0 Å². The Morgan fingerprint density at radius 3 is 2.00 bits per heavy atom. The fraction of sp³-hybridized carbons (Fsp3) is 1.00. The molecule has 0 aromatic carbocycles. The van der Waals surface area contributed by atoms with Gasteiger partial charge in [-0.25, -0.2) is 0 Å². The lowest BCUT2D eigenvalue weighted by Gasteiger charge is -2.06. The van der Waals surface area contributed by atoms with Crippen molar-refractivity contribution in [3.8, 4) is 0 Å². The topological polar surface area (TPSA) is 20.2 Å². The van der Waals surface area contributed by atoms with Crippen molar-refractivity contribution in [1.29, 1.82) is 0 Å². The molecule has 0 aliphatic rings. The van der Waals surface area contributed by atoms with Crippen LogP contribution in [0.3, 0.4) is 0 Å². The first-order chi connectivity index (χ1) is 3.18. The van der Waals surface area contributed by atoms with E-state index in [4.69, 9.17) is 5.11 Å². The van der Waals surface area contributed by atoms with Gasteiger partial charge in [-0.2, -0.15) is 0 Å². The summed E-state index contributed by atoms with van der Waals surface area (Å²) in [6.45, 7) is 7.20. The molecule has 0 amide bonds. The maximum Gasteiger partial charge on any atom is 0.139 e. The first-order valence-electron chi connectivity index (χ1n) is 2.79. The Kier molecular flexibility index (Phi) is 3.09. The number of aliphatic hydroxyl groups is 1. The predicted molar refractivity (Wildman–Crippen MR) is 34.0 cm³/mol. The molecule has 0 aliphatic heterocycles. The molecule has 0 fully saturated rings. The Morgan fingerprint density at radius 1 is 1.57 bits per heavy atom. The van der Waals surface area contributed by atoms with Crippen LogP contribution in [-0.4, -0.2) is 18.4 Å². The van der Waals surface area contributed by atoms with Crippen LogP contribution in [-0.2, 0) is 0 Å². The fourth-order valence-corrected chi connectivity index (χ4v) is 0.211. The van der Waals surface area contributed by atoms with Gasteiger partial charge in [0.2, 0.25) is 0 Å². The molecule has 0 spiro atoms. The number of hydrogen-bond donors (Lipinski definition) is 1. The van der Waals surface area contributed by atoms with E-state index in [1.807, 2.05) is 6.92 Å². The third-order valence-electron chi connectivity index (χ3n) is 1.43. The lowest BCUT2D eigenvalue weighted by Crippen LogP contribution is -2.11. The largest absolute Gasteiger partial charge is 0.397 e. The highest BCUT2D eigenvalue weighted by Gasteiger charge is 2.06. The molecule has 0 aromatic rings. The quantitative estimate of drug-likeness (QED) is 0.515. The van der Waals surface area contributed by atoms with Crippen molar-refractivity contribution in [3.63, 3.8) is 0 Å². The molecular weight excluding hydrogens is 86.9 g/mol. The molecule has 42 valence electrons. The third kappa shape index (κ3) is 2.69. The molecule has 2 heteroatoms. The fourth-order valence-electron chi connectivity index (χ4n) is 0.211. The van der Waals surface area contributed by atoms with Gasteiger partial charge in [0, 0.05) is 6.61 Å². The van der Waals surface area contributed by atoms with Crippen LogP contribution < -0.4 is 0 Å². The molecule has 0 aromatic heterocycles. The molecule has 7 heavy (non-hydrogen) atoms. The van der Waals surface area contributed by atoms with E-state index in [-0.39, 0.29) is 0 Å². The minimum atomic E-state index is 0.317. The highest BCUT2D eigenvalue weighted by atomic mass is 16.3. The average Bonchev–Trinajstić information content (AvgIpc) is 1.65. The van der Waals surface area contributed by atoms with Crippen molar-refractivity contribution in [2.45, 2.75) is 26.4 Å². The number of hydrogen-bond acceptors (Lipinski definition) is 1. The van der Waals surface area contributed by atoms with Crippen molar-refractivity contribution < 1.29 is 5.11 Å². The van der Waals surface area contributed by atoms with Crippen LogP contribution in [0.15, 0.2) is 0 Å². The maximum atomic E-state index is 8.51. The molecule has 1 atom stereocenters. The Hall–Kier alpha value is 0.0249. The second kappa shape index (κ2) is 3.08. The first-order valence-corrected chi connectivity index (χ1v) is 2.79. The molecule has 0 saturated carbocycles. The third-order valence-corrected chi connectivity index (χ3v) is 1.43. The van der Waals surface area contributed by atoms with E-state index in [0.717, 1.165) is 0 Å². The van der Waals surface area contributed by atoms with Gasteiger partial charge in [0.25, 0.3) is 0 Å². The molecule has 1 unspecified atom stereocenters. The predicted octanol–water partition coefficient (Wildman–Crippen LogP) is 1.12. The van der Waals surface area contributed by atoms with Crippen LogP contribution in [0.25, 0.3) is 0 Å². The first kappa shape index (κ1) is 7.02. The van der Waals surface area contributed by atoms with Gasteiger partial charge in [-0.1, -0.05) is 20.6 Å². The Bertz CT molecular complexity index is 45.3. The van der Waals surface area contributed by atoms with Gasteiger partial charge in [0.05, 0.1) is 0 Å². The SMILES string of the molecule is CB(C)C(C)CO. The van der Waals surface area contributed by atoms with Gasteiger partial charge in [-0.3, -0.25) is 0 Å². The van der Waals surface area contributed by atoms with Crippen LogP contribution in [0.1, 0.15) is 6.92 Å². The summed E-state index contributed by atoms with van der Waals surface area (Å²) in [4.78, 5) is 0. The molecule has 0 radical (unpaired) electrons. The zero-order valence-corrected chi connectivity index (χ0v) is 5.31. The van der Waals surface area contributed by atoms with Crippen LogP contribution in [0.4, 0.5) is 0 Å². The molecule has 0 rings (SSSR count). The lowest BCUT2D eigenvalue weighted by molar-refractivity contribution is 0.293. The minimum absolute atomic E-state index is 0.317. The Balaban J connectivity index is 3.14. The monoisotopic (exact) mass is 100 g/mol. The summed E-state index contributed by atoms with van der Waals surface area (Å²) in [5.74, 6) is 0.458. The van der Waals surface area contributed by atoms with Gasteiger partial charge < -0.3 is 5.11 Å². The van der Waals surface area contributed by atoms with E-state index in [9.17, 15) is 0 Å². The molecule has 0 bridgehead atoms. The Morgan fingerprint density at radius 2 is 2.00 bits per heavy atom. The average molecular weight is 100.0 g/mol. The zero-order chi connectivity index (χ0) is 5.86. The molecule has 0 heterocycles. The van der Waals surface area contributed by atoms with E-state index >= 15 is 0 Å². The summed E-state index contributed by atoms with van der Waals surface area (Å²) >= 11 is 0. The lowest BCUT2D eigenvalue weighted by atomic mass is 9.46. The maximum absolute atomic E-state index is 8.51. The summed E-state index contributed by atoms with van der Waals surface area (Å²) < 4.78 is 0. The van der Waals surface area contributed by atoms with Crippen molar-refractivity contribution in [3.05, 3.63) is 0 Å². The van der Waals surface area contributed by atoms with Crippen molar-refractivity contribution >= 4 is 6.71 Å². The molecule has 1 nitrogen and oxygen atoms in total. The van der Waals surface area contributed by atoms with Crippen molar-refractivity contribution in [2.24, 2.45) is 0 Å². The van der Waals surface area contributed by atoms with Gasteiger partial charge in [0.15, 0.2) is 0 Å². The van der Waals surface area contributed by atoms with Crippen LogP contribution in [0.2, 0.25) is 19.5 Å². The second-order valence-corrected chi connectivity index (χ2v) is 2.40. The van der Waals surface area contributed by atoms with Gasteiger partial charge in [-0.05, 0) is 5.82 Å². The molecular formula is C5H13BO. The molecule has 1 N–H and O–H groups in total. The van der Waals surface area contributed by atoms with Crippen LogP contribution in [0.5, 0.6) is 0 Å². The summed E-state index contributed by atoms with van der Waals surface area (Å²) in [5.41, 5.74) is 0. The number of aliphatic hydroxyl groups excluding tert-OH is 1. The smallest absolute Gasteiger partial charge is 0.139 e. The van der Waals surface area contributed by atoms with Crippen LogP contribution >= 0.6 is 0 Å². The number of rotatable bonds is 2. The van der Waals surface area contributed by atoms with Gasteiger partial charge >= 0.3 is 0 Å². The summed E-state index contributed by atoms with van der Waals surface area (Å²) in [6, 6.07) is 0. The van der Waals surface area contributed by atoms with Crippen molar-refractivity contribution in [2.75, 3.05) is 6.61 Å². The summed E-state index contributed by atoms with van der Waals surface area (Å²) in [7, 11) is 0. The van der Waals surface area contributed by atoms with Crippen LogP contribution in [0, 0.1) is 0 Å². The minimum Gasteiger partial charge on any atom is -0.397 e. The van der Waals surface area contributed by atoms with E-state index in [0.29, 0.717) is 19.1 Å².